The van der Waals surface area contributed by atoms with Crippen molar-refractivity contribution in [2.75, 3.05) is 28.4 Å². The van der Waals surface area contributed by atoms with Crippen LogP contribution in [0.15, 0.2) is 81.7 Å². The van der Waals surface area contributed by atoms with E-state index in [0.29, 0.717) is 11.1 Å². The van der Waals surface area contributed by atoms with Crippen LogP contribution in [0.2, 0.25) is 0 Å². The Kier molecular flexibility index (Phi) is 10.6. The Morgan fingerprint density at radius 3 is 1.29 bits per heavy atom. The standard InChI is InChI=1S/C44H40Br2O6/c1-49-41-33(13-7-5-11-25-19-21-27-29-15-9-17-31(43(47)51-3)37(29)35(27)23-25)40(46)42(50-2)34(39(41)45)14-8-6-12-26-20-22-28-30-16-10-18-32(44(48)52-4)38(30)36(28)24-26/h9-10,15-24H,5-8,11-14H2,1-4H3. The average molecular weight is 825 g/mol. The molecular weight excluding hydrogens is 784 g/mol. The molecule has 0 aromatic heterocycles. The molecule has 6 nitrogen and oxygen atoms in total. The maximum atomic E-state index is 12.4. The number of carbonyl (C=O) groups excluding carboxylic acids is 2. The zero-order valence-corrected chi connectivity index (χ0v) is 33.0. The summed E-state index contributed by atoms with van der Waals surface area (Å²) in [4.78, 5) is 24.8. The Hall–Kier alpha value is -4.40. The van der Waals surface area contributed by atoms with Gasteiger partial charge in [0.05, 0.1) is 48.5 Å². The molecule has 0 fully saturated rings. The molecule has 0 bridgehead atoms. The van der Waals surface area contributed by atoms with Gasteiger partial charge in [-0.2, -0.15) is 0 Å². The number of fused-ring (bicyclic) bond motifs is 8. The van der Waals surface area contributed by atoms with E-state index < -0.39 is 0 Å². The van der Waals surface area contributed by atoms with Gasteiger partial charge in [-0.15, -0.1) is 0 Å². The number of hydrogen-bond acceptors (Lipinski definition) is 6. The number of methoxy groups -OCH3 is 4. The number of hydrogen-bond donors (Lipinski definition) is 0. The number of benzene rings is 5. The third kappa shape index (κ3) is 6.34. The van der Waals surface area contributed by atoms with Crippen LogP contribution in [-0.4, -0.2) is 40.4 Å². The lowest BCUT2D eigenvalue weighted by Gasteiger charge is -2.26. The summed E-state index contributed by atoms with van der Waals surface area (Å²) in [5.41, 5.74) is 14.8. The summed E-state index contributed by atoms with van der Waals surface area (Å²) in [5, 5.41) is 0. The quantitative estimate of drug-likeness (QED) is 0.0804. The van der Waals surface area contributed by atoms with Crippen molar-refractivity contribution in [1.82, 2.24) is 0 Å². The molecule has 2 aliphatic carbocycles. The van der Waals surface area contributed by atoms with Crippen LogP contribution in [-0.2, 0) is 35.2 Å². The van der Waals surface area contributed by atoms with Crippen LogP contribution in [0.3, 0.4) is 0 Å². The first-order valence-corrected chi connectivity index (χ1v) is 19.2. The van der Waals surface area contributed by atoms with Crippen LogP contribution in [0.25, 0.3) is 44.5 Å². The molecule has 266 valence electrons. The summed E-state index contributed by atoms with van der Waals surface area (Å²) < 4.78 is 23.9. The zero-order chi connectivity index (χ0) is 36.5. The van der Waals surface area contributed by atoms with E-state index in [-0.39, 0.29) is 11.9 Å². The van der Waals surface area contributed by atoms with Crippen LogP contribution in [0, 0.1) is 0 Å². The molecule has 5 aromatic rings. The second-order valence-corrected chi connectivity index (χ2v) is 14.9. The van der Waals surface area contributed by atoms with Gasteiger partial charge in [-0.1, -0.05) is 60.7 Å². The Balaban J connectivity index is 0.976. The van der Waals surface area contributed by atoms with Gasteiger partial charge in [-0.05, 0) is 140 Å². The second kappa shape index (κ2) is 15.3. The summed E-state index contributed by atoms with van der Waals surface area (Å²) in [6, 6.07) is 24.8. The molecule has 0 amide bonds. The summed E-state index contributed by atoms with van der Waals surface area (Å²) in [5.74, 6) is 1.09. The molecular formula is C44H40Br2O6. The van der Waals surface area contributed by atoms with Crippen molar-refractivity contribution in [2.45, 2.75) is 51.4 Å². The summed E-state index contributed by atoms with van der Waals surface area (Å²) in [7, 11) is 6.30. The van der Waals surface area contributed by atoms with Gasteiger partial charge in [0.25, 0.3) is 0 Å². The van der Waals surface area contributed by atoms with Gasteiger partial charge in [0, 0.05) is 22.3 Å². The molecule has 0 saturated carbocycles. The highest BCUT2D eigenvalue weighted by Gasteiger charge is 2.30. The van der Waals surface area contributed by atoms with E-state index in [4.69, 9.17) is 18.9 Å². The fourth-order valence-electron chi connectivity index (χ4n) is 7.82. The number of unbranched alkanes of at least 4 members (excludes halogenated alkanes) is 2. The molecule has 0 N–H and O–H groups in total. The Morgan fingerprint density at radius 1 is 0.500 bits per heavy atom. The van der Waals surface area contributed by atoms with Crippen molar-refractivity contribution >= 4 is 43.8 Å². The van der Waals surface area contributed by atoms with Crippen molar-refractivity contribution in [3.8, 4) is 56.0 Å². The van der Waals surface area contributed by atoms with Crippen molar-refractivity contribution in [3.05, 3.63) is 115 Å². The van der Waals surface area contributed by atoms with E-state index in [1.165, 1.54) is 36.5 Å². The highest BCUT2D eigenvalue weighted by molar-refractivity contribution is 9.11. The topological polar surface area (TPSA) is 71.1 Å². The fraction of sp³-hybridized carbons (Fsp3) is 0.273. The van der Waals surface area contributed by atoms with Crippen LogP contribution in [0.5, 0.6) is 11.5 Å². The lowest BCUT2D eigenvalue weighted by Crippen LogP contribution is -2.10. The molecule has 2 aliphatic rings. The maximum absolute atomic E-state index is 12.4. The van der Waals surface area contributed by atoms with E-state index in [1.54, 1.807) is 14.2 Å². The fourth-order valence-corrected chi connectivity index (χ4v) is 9.38. The molecule has 0 heterocycles. The van der Waals surface area contributed by atoms with E-state index in [0.717, 1.165) is 116 Å². The van der Waals surface area contributed by atoms with Crippen LogP contribution < -0.4 is 9.47 Å². The van der Waals surface area contributed by atoms with Crippen LogP contribution in [0.4, 0.5) is 0 Å². The molecule has 0 unspecified atom stereocenters. The number of aryl methyl sites for hydroxylation is 2. The first-order valence-electron chi connectivity index (χ1n) is 17.6. The van der Waals surface area contributed by atoms with Crippen molar-refractivity contribution < 1.29 is 28.5 Å². The number of esters is 2. The second-order valence-electron chi connectivity index (χ2n) is 13.3. The predicted molar refractivity (Wildman–Crippen MR) is 213 cm³/mol. The van der Waals surface area contributed by atoms with Crippen molar-refractivity contribution in [3.63, 3.8) is 0 Å². The monoisotopic (exact) mass is 822 g/mol. The third-order valence-electron chi connectivity index (χ3n) is 10.4. The normalized spacial score (nSPS) is 11.7. The van der Waals surface area contributed by atoms with Gasteiger partial charge >= 0.3 is 11.9 Å². The van der Waals surface area contributed by atoms with Crippen molar-refractivity contribution in [1.29, 1.82) is 0 Å². The van der Waals surface area contributed by atoms with Crippen molar-refractivity contribution in [2.24, 2.45) is 0 Å². The summed E-state index contributed by atoms with van der Waals surface area (Å²) in [6.07, 6.45) is 7.47. The van der Waals surface area contributed by atoms with Gasteiger partial charge in [0.2, 0.25) is 0 Å². The molecule has 5 aromatic carbocycles. The lowest BCUT2D eigenvalue weighted by atomic mass is 9.77. The first kappa shape index (κ1) is 36.0. The van der Waals surface area contributed by atoms with Gasteiger partial charge in [0.15, 0.2) is 0 Å². The minimum atomic E-state index is -0.302. The summed E-state index contributed by atoms with van der Waals surface area (Å²) in [6.45, 7) is 0. The molecule has 0 spiro atoms. The largest absolute Gasteiger partial charge is 0.495 e. The van der Waals surface area contributed by atoms with E-state index >= 15 is 0 Å². The van der Waals surface area contributed by atoms with Gasteiger partial charge < -0.3 is 18.9 Å². The molecule has 52 heavy (non-hydrogen) atoms. The number of ether oxygens (including phenoxy) is 4. The zero-order valence-electron chi connectivity index (χ0n) is 29.8. The molecule has 7 rings (SSSR count). The van der Waals surface area contributed by atoms with E-state index in [1.807, 2.05) is 24.3 Å². The highest BCUT2D eigenvalue weighted by atomic mass is 79.9. The van der Waals surface area contributed by atoms with Crippen LogP contribution in [0.1, 0.15) is 68.7 Å². The smallest absolute Gasteiger partial charge is 0.338 e. The van der Waals surface area contributed by atoms with E-state index in [9.17, 15) is 9.59 Å². The molecule has 0 saturated heterocycles. The van der Waals surface area contributed by atoms with E-state index in [2.05, 4.69) is 80.4 Å². The molecule has 8 heteroatoms. The third-order valence-corrected chi connectivity index (χ3v) is 12.1. The minimum Gasteiger partial charge on any atom is -0.495 e. The highest BCUT2D eigenvalue weighted by Crippen LogP contribution is 2.51. The number of carbonyl (C=O) groups is 2. The number of rotatable bonds is 14. The lowest BCUT2D eigenvalue weighted by molar-refractivity contribution is 0.0592. The molecule has 0 radical (unpaired) electrons. The Morgan fingerprint density at radius 2 is 0.904 bits per heavy atom. The predicted octanol–water partition coefficient (Wildman–Crippen LogP) is 11.2. The first-order chi connectivity index (χ1) is 25.3. The van der Waals surface area contributed by atoms with Gasteiger partial charge in [-0.3, -0.25) is 0 Å². The van der Waals surface area contributed by atoms with Crippen LogP contribution >= 0.6 is 31.9 Å². The molecule has 0 aliphatic heterocycles. The molecule has 0 atom stereocenters. The maximum Gasteiger partial charge on any atom is 0.338 e. The minimum absolute atomic E-state index is 0.302. The Labute approximate surface area is 321 Å². The van der Waals surface area contributed by atoms with Gasteiger partial charge in [-0.25, -0.2) is 9.59 Å². The van der Waals surface area contributed by atoms with Gasteiger partial charge in [0.1, 0.15) is 11.5 Å². The SMILES string of the molecule is COC(=O)c1cccc2c1-c1cc(CCCCc3c(Br)c(OC)c(CCCCc4ccc5c(c4)-c4c(C(=O)OC)cccc4-5)c(Br)c3OC)ccc1-2. The summed E-state index contributed by atoms with van der Waals surface area (Å²) >= 11 is 7.77. The average Bonchev–Trinajstić information content (AvgIpc) is 3.16. The number of halogens is 2. The Bertz CT molecular complexity index is 2070.